The Morgan fingerprint density at radius 3 is 2.64 bits per heavy atom. The Balaban J connectivity index is 1.64. The molecule has 134 valence electrons. The SMILES string of the molecule is CC(C)N(C)C(=O)C1=NO[C@@]2(CCN(C(=O)c3ccc(Cl)cc3)C2)C1. The molecule has 7 heteroatoms. The van der Waals surface area contributed by atoms with Gasteiger partial charge in [0.25, 0.3) is 11.8 Å². The molecule has 25 heavy (non-hydrogen) atoms. The minimum atomic E-state index is -0.578. The molecule has 1 atom stereocenters. The predicted molar refractivity (Wildman–Crippen MR) is 95.7 cm³/mol. The van der Waals surface area contributed by atoms with Crippen molar-refractivity contribution in [2.45, 2.75) is 38.3 Å². The van der Waals surface area contributed by atoms with Crippen molar-refractivity contribution in [1.82, 2.24) is 9.80 Å². The number of carbonyl (C=O) groups excluding carboxylic acids is 2. The zero-order chi connectivity index (χ0) is 18.2. The van der Waals surface area contributed by atoms with E-state index >= 15 is 0 Å². The Kier molecular flexibility index (Phi) is 4.73. The molecule has 2 aliphatic rings. The molecule has 0 saturated carbocycles. The van der Waals surface area contributed by atoms with Crippen molar-refractivity contribution >= 4 is 29.1 Å². The van der Waals surface area contributed by atoms with Crippen LogP contribution in [0.15, 0.2) is 29.4 Å². The molecular weight excluding hydrogens is 342 g/mol. The van der Waals surface area contributed by atoms with Crippen molar-refractivity contribution < 1.29 is 14.4 Å². The first-order valence-corrected chi connectivity index (χ1v) is 8.76. The summed E-state index contributed by atoms with van der Waals surface area (Å²) in [6, 6.07) is 6.93. The first-order chi connectivity index (χ1) is 11.8. The average Bonchev–Trinajstić information content (AvgIpc) is 3.21. The lowest BCUT2D eigenvalue weighted by molar-refractivity contribution is -0.124. The second kappa shape index (κ2) is 6.67. The predicted octanol–water partition coefficient (Wildman–Crippen LogP) is 2.57. The second-order valence-electron chi connectivity index (χ2n) is 6.98. The summed E-state index contributed by atoms with van der Waals surface area (Å²) >= 11 is 5.87. The van der Waals surface area contributed by atoms with Crippen LogP contribution in [0.4, 0.5) is 0 Å². The summed E-state index contributed by atoms with van der Waals surface area (Å²) in [5, 5.41) is 4.62. The van der Waals surface area contributed by atoms with Crippen molar-refractivity contribution in [1.29, 1.82) is 0 Å². The van der Waals surface area contributed by atoms with Crippen LogP contribution in [0.5, 0.6) is 0 Å². The van der Waals surface area contributed by atoms with Gasteiger partial charge in [0.15, 0.2) is 5.60 Å². The number of likely N-dealkylation sites (tertiary alicyclic amines) is 1. The van der Waals surface area contributed by atoms with Crippen molar-refractivity contribution in [3.8, 4) is 0 Å². The third kappa shape index (κ3) is 3.49. The van der Waals surface area contributed by atoms with E-state index in [1.54, 1.807) is 41.1 Å². The number of rotatable bonds is 3. The van der Waals surface area contributed by atoms with Crippen LogP contribution in [0.1, 0.15) is 37.0 Å². The van der Waals surface area contributed by atoms with Gasteiger partial charge >= 0.3 is 0 Å². The molecule has 2 aliphatic heterocycles. The highest BCUT2D eigenvalue weighted by Gasteiger charge is 2.48. The molecule has 6 nitrogen and oxygen atoms in total. The van der Waals surface area contributed by atoms with Crippen LogP contribution in [-0.2, 0) is 9.63 Å². The van der Waals surface area contributed by atoms with Gasteiger partial charge in [-0.2, -0.15) is 0 Å². The summed E-state index contributed by atoms with van der Waals surface area (Å²) in [5.41, 5.74) is 0.443. The highest BCUT2D eigenvalue weighted by Crippen LogP contribution is 2.35. The Labute approximate surface area is 152 Å². The van der Waals surface area contributed by atoms with E-state index in [2.05, 4.69) is 5.16 Å². The molecule has 1 saturated heterocycles. The van der Waals surface area contributed by atoms with E-state index < -0.39 is 5.60 Å². The highest BCUT2D eigenvalue weighted by molar-refractivity contribution is 6.39. The largest absolute Gasteiger partial charge is 0.386 e. The van der Waals surface area contributed by atoms with Gasteiger partial charge in [-0.05, 0) is 38.1 Å². The molecule has 1 spiro atoms. The average molecular weight is 364 g/mol. The maximum absolute atomic E-state index is 12.6. The molecule has 0 radical (unpaired) electrons. The van der Waals surface area contributed by atoms with Gasteiger partial charge in [0.2, 0.25) is 0 Å². The number of hydrogen-bond acceptors (Lipinski definition) is 4. The lowest BCUT2D eigenvalue weighted by Crippen LogP contribution is -2.40. The van der Waals surface area contributed by atoms with Gasteiger partial charge in [-0.15, -0.1) is 0 Å². The van der Waals surface area contributed by atoms with Crippen molar-refractivity contribution in [3.05, 3.63) is 34.9 Å². The standard InChI is InChI=1S/C18H22ClN3O3/c1-12(2)21(3)17(24)15-10-18(25-20-15)8-9-22(11-18)16(23)13-4-6-14(19)7-5-13/h4-7,12H,8-11H2,1-3H3/t18-/m0/s1. The van der Waals surface area contributed by atoms with Crippen LogP contribution in [-0.4, -0.2) is 59.1 Å². The summed E-state index contributed by atoms with van der Waals surface area (Å²) in [4.78, 5) is 34.1. The molecule has 0 aromatic heterocycles. The van der Waals surface area contributed by atoms with Gasteiger partial charge in [-0.25, -0.2) is 0 Å². The Hall–Kier alpha value is -2.08. The summed E-state index contributed by atoms with van der Waals surface area (Å²) in [5.74, 6) is -0.175. The summed E-state index contributed by atoms with van der Waals surface area (Å²) < 4.78 is 0. The molecule has 2 heterocycles. The molecular formula is C18H22ClN3O3. The van der Waals surface area contributed by atoms with Gasteiger partial charge in [-0.3, -0.25) is 9.59 Å². The highest BCUT2D eigenvalue weighted by atomic mass is 35.5. The number of hydrogen-bond donors (Lipinski definition) is 0. The van der Waals surface area contributed by atoms with Crippen molar-refractivity contribution in [2.75, 3.05) is 20.1 Å². The maximum atomic E-state index is 12.6. The van der Waals surface area contributed by atoms with Gasteiger partial charge in [0, 0.05) is 43.1 Å². The number of amides is 2. The maximum Gasteiger partial charge on any atom is 0.271 e. The molecule has 1 fully saturated rings. The van der Waals surface area contributed by atoms with Gasteiger partial charge in [-0.1, -0.05) is 16.8 Å². The number of benzene rings is 1. The van der Waals surface area contributed by atoms with E-state index in [-0.39, 0.29) is 17.9 Å². The van der Waals surface area contributed by atoms with Crippen LogP contribution in [0.2, 0.25) is 5.02 Å². The first-order valence-electron chi connectivity index (χ1n) is 8.38. The van der Waals surface area contributed by atoms with Crippen molar-refractivity contribution in [2.24, 2.45) is 5.16 Å². The molecule has 0 N–H and O–H groups in total. The van der Waals surface area contributed by atoms with Gasteiger partial charge < -0.3 is 14.6 Å². The van der Waals surface area contributed by atoms with Crippen LogP contribution in [0, 0.1) is 0 Å². The van der Waals surface area contributed by atoms with Gasteiger partial charge in [0.05, 0.1) is 6.54 Å². The lowest BCUT2D eigenvalue weighted by atomic mass is 9.96. The fraction of sp³-hybridized carbons (Fsp3) is 0.500. The fourth-order valence-electron chi connectivity index (χ4n) is 3.09. The lowest BCUT2D eigenvalue weighted by Gasteiger charge is -2.23. The fourth-order valence-corrected chi connectivity index (χ4v) is 3.21. The monoisotopic (exact) mass is 363 g/mol. The zero-order valence-electron chi connectivity index (χ0n) is 14.7. The van der Waals surface area contributed by atoms with E-state index in [9.17, 15) is 9.59 Å². The Morgan fingerprint density at radius 1 is 1.32 bits per heavy atom. The van der Waals surface area contributed by atoms with E-state index in [1.807, 2.05) is 13.8 Å². The van der Waals surface area contributed by atoms with Crippen molar-refractivity contribution in [3.63, 3.8) is 0 Å². The van der Waals surface area contributed by atoms with E-state index in [1.165, 1.54) is 0 Å². The molecule has 1 aromatic carbocycles. The molecule has 1 aromatic rings. The molecule has 0 unspecified atom stereocenters. The topological polar surface area (TPSA) is 62.2 Å². The molecule has 3 rings (SSSR count). The number of nitrogens with zero attached hydrogens (tertiary/aromatic N) is 3. The molecule has 0 bridgehead atoms. The van der Waals surface area contributed by atoms with E-state index in [4.69, 9.17) is 16.4 Å². The Bertz CT molecular complexity index is 717. The normalized spacial score (nSPS) is 22.3. The van der Waals surface area contributed by atoms with Crippen LogP contribution in [0.3, 0.4) is 0 Å². The molecule has 2 amide bonds. The van der Waals surface area contributed by atoms with Gasteiger partial charge in [0.1, 0.15) is 5.71 Å². The first kappa shape index (κ1) is 17.7. The summed E-state index contributed by atoms with van der Waals surface area (Å²) in [6.45, 7) is 4.91. The van der Waals surface area contributed by atoms with Crippen LogP contribution >= 0.6 is 11.6 Å². The number of carbonyl (C=O) groups is 2. The third-order valence-corrected chi connectivity index (χ3v) is 5.13. The quantitative estimate of drug-likeness (QED) is 0.829. The third-order valence-electron chi connectivity index (χ3n) is 4.88. The minimum absolute atomic E-state index is 0.0591. The van der Waals surface area contributed by atoms with Crippen LogP contribution < -0.4 is 0 Å². The second-order valence-corrected chi connectivity index (χ2v) is 7.42. The summed E-state index contributed by atoms with van der Waals surface area (Å²) in [6.07, 6.45) is 1.10. The number of halogens is 1. The van der Waals surface area contributed by atoms with Crippen LogP contribution in [0.25, 0.3) is 0 Å². The zero-order valence-corrected chi connectivity index (χ0v) is 15.4. The Morgan fingerprint density at radius 2 is 2.00 bits per heavy atom. The molecule has 0 aliphatic carbocycles. The smallest absolute Gasteiger partial charge is 0.271 e. The van der Waals surface area contributed by atoms with E-state index in [0.717, 1.165) is 0 Å². The number of oxime groups is 1. The van der Waals surface area contributed by atoms with E-state index in [0.29, 0.717) is 42.2 Å². The summed E-state index contributed by atoms with van der Waals surface area (Å²) in [7, 11) is 1.76. The minimum Gasteiger partial charge on any atom is -0.386 e.